The number of amides is 1. The summed E-state index contributed by atoms with van der Waals surface area (Å²) in [4.78, 5) is 14.1. The quantitative estimate of drug-likeness (QED) is 0.567. The summed E-state index contributed by atoms with van der Waals surface area (Å²) in [6.07, 6.45) is -10.0. The van der Waals surface area contributed by atoms with E-state index in [9.17, 15) is 36.2 Å². The molecule has 2 aliphatic heterocycles. The van der Waals surface area contributed by atoms with E-state index in [1.807, 2.05) is 6.07 Å². The van der Waals surface area contributed by atoms with E-state index in [1.165, 1.54) is 4.90 Å². The molecule has 2 unspecified atom stereocenters. The molecule has 2 bridgehead atoms. The predicted octanol–water partition coefficient (Wildman–Crippen LogP) is 5.88. The van der Waals surface area contributed by atoms with Gasteiger partial charge in [-0.25, -0.2) is 4.79 Å². The topological polar surface area (TPSA) is 49.8 Å². The third-order valence-corrected chi connectivity index (χ3v) is 6.31. The molecule has 2 atom stereocenters. The summed E-state index contributed by atoms with van der Waals surface area (Å²) in [6, 6.07) is 9.02. The summed E-state index contributed by atoms with van der Waals surface area (Å²) in [7, 11) is 0. The minimum Gasteiger partial charge on any atom is -0.445 e. The lowest BCUT2D eigenvalue weighted by Crippen LogP contribution is -2.52. The van der Waals surface area contributed by atoms with Crippen LogP contribution in [-0.4, -0.2) is 28.2 Å². The van der Waals surface area contributed by atoms with Crippen LogP contribution in [0.3, 0.4) is 0 Å². The van der Waals surface area contributed by atoms with Crippen LogP contribution in [-0.2, 0) is 29.3 Å². The lowest BCUT2D eigenvalue weighted by Gasteiger charge is -2.43. The molecule has 0 aliphatic carbocycles. The molecule has 2 heterocycles. The van der Waals surface area contributed by atoms with E-state index in [-0.39, 0.29) is 25.5 Å². The van der Waals surface area contributed by atoms with Crippen molar-refractivity contribution in [1.29, 1.82) is 0 Å². The number of nitrogens with zero attached hydrogens (tertiary/aromatic N) is 1. The molecule has 2 saturated heterocycles. The highest BCUT2D eigenvalue weighted by molar-refractivity contribution is 5.69. The second-order valence-electron chi connectivity index (χ2n) is 8.57. The molecule has 178 valence electrons. The third kappa shape index (κ3) is 4.80. The zero-order chi connectivity index (χ0) is 24.0. The molecule has 10 heteroatoms. The van der Waals surface area contributed by atoms with E-state index in [1.54, 1.807) is 24.3 Å². The summed E-state index contributed by atoms with van der Waals surface area (Å²) in [6.45, 7) is 0.0302. The first-order chi connectivity index (χ1) is 15.4. The number of hydrogen-bond acceptors (Lipinski definition) is 3. The number of halogens is 6. The van der Waals surface area contributed by atoms with Gasteiger partial charge in [0.05, 0.1) is 16.7 Å². The smallest absolute Gasteiger partial charge is 0.416 e. The fourth-order valence-corrected chi connectivity index (χ4v) is 4.78. The maximum Gasteiger partial charge on any atom is 0.416 e. The highest BCUT2D eigenvalue weighted by Gasteiger charge is 2.51. The van der Waals surface area contributed by atoms with Crippen LogP contribution in [0.15, 0.2) is 48.5 Å². The average molecular weight is 473 g/mol. The van der Waals surface area contributed by atoms with Crippen LogP contribution in [0.1, 0.15) is 47.9 Å². The summed E-state index contributed by atoms with van der Waals surface area (Å²) in [5, 5.41) is 11.2. The van der Waals surface area contributed by atoms with Gasteiger partial charge in [-0.1, -0.05) is 30.3 Å². The van der Waals surface area contributed by atoms with Crippen molar-refractivity contribution in [2.75, 3.05) is 0 Å². The highest BCUT2D eigenvalue weighted by Crippen LogP contribution is 2.48. The van der Waals surface area contributed by atoms with Crippen molar-refractivity contribution in [3.8, 4) is 0 Å². The Morgan fingerprint density at radius 1 is 0.939 bits per heavy atom. The van der Waals surface area contributed by atoms with Gasteiger partial charge < -0.3 is 14.7 Å². The van der Waals surface area contributed by atoms with Gasteiger partial charge in [0.1, 0.15) is 6.61 Å². The monoisotopic (exact) mass is 473 g/mol. The van der Waals surface area contributed by atoms with Gasteiger partial charge in [-0.2, -0.15) is 26.3 Å². The van der Waals surface area contributed by atoms with E-state index >= 15 is 0 Å². The maximum atomic E-state index is 13.3. The Morgan fingerprint density at radius 3 is 1.94 bits per heavy atom. The fraction of sp³-hybridized carbons (Fsp3) is 0.435. The molecule has 0 saturated carbocycles. The van der Waals surface area contributed by atoms with Crippen molar-refractivity contribution in [1.82, 2.24) is 4.90 Å². The number of ether oxygens (including phenoxy) is 1. The molecule has 1 N–H and O–H groups in total. The zero-order valence-corrected chi connectivity index (χ0v) is 17.3. The third-order valence-electron chi connectivity index (χ3n) is 6.31. The predicted molar refractivity (Wildman–Crippen MR) is 105 cm³/mol. The van der Waals surface area contributed by atoms with Crippen molar-refractivity contribution >= 4 is 6.09 Å². The molecule has 0 spiro atoms. The Hall–Kier alpha value is -2.75. The van der Waals surface area contributed by atoms with Crippen LogP contribution in [0, 0.1) is 0 Å². The molecule has 1 amide bonds. The first-order valence-electron chi connectivity index (χ1n) is 10.4. The van der Waals surface area contributed by atoms with Gasteiger partial charge in [0, 0.05) is 24.9 Å². The summed E-state index contributed by atoms with van der Waals surface area (Å²) < 4.78 is 85.0. The number of carbonyl (C=O) groups excluding carboxylic acids is 1. The minimum absolute atomic E-state index is 0.0302. The Labute approximate surface area is 185 Å². The normalized spacial score (nSPS) is 25.2. The number of rotatable bonds is 3. The zero-order valence-electron chi connectivity index (χ0n) is 17.3. The number of piperidine rings is 1. The van der Waals surface area contributed by atoms with Crippen molar-refractivity contribution in [2.24, 2.45) is 0 Å². The lowest BCUT2D eigenvalue weighted by molar-refractivity contribution is -0.143. The van der Waals surface area contributed by atoms with Gasteiger partial charge in [0.25, 0.3) is 0 Å². The number of benzene rings is 2. The Morgan fingerprint density at radius 2 is 1.45 bits per heavy atom. The van der Waals surface area contributed by atoms with Crippen molar-refractivity contribution < 1.29 is 41.0 Å². The SMILES string of the molecule is O=C(OCc1ccccc1)N1C2CCC1CC(O)(c1cc(C(F)(F)F)cc(C(F)(F)F)c1)C2. The molecular weight excluding hydrogens is 452 g/mol. The van der Waals surface area contributed by atoms with Crippen LogP contribution in [0.25, 0.3) is 0 Å². The van der Waals surface area contributed by atoms with Gasteiger partial charge in [0.2, 0.25) is 0 Å². The van der Waals surface area contributed by atoms with Crippen molar-refractivity contribution in [3.05, 3.63) is 70.8 Å². The van der Waals surface area contributed by atoms with Gasteiger partial charge in [-0.05, 0) is 42.2 Å². The minimum atomic E-state index is -5.01. The second kappa shape index (κ2) is 8.23. The number of hydrogen-bond donors (Lipinski definition) is 1. The number of alkyl halides is 6. The molecule has 4 nitrogen and oxygen atoms in total. The molecular formula is C23H21F6NO3. The van der Waals surface area contributed by atoms with Crippen LogP contribution >= 0.6 is 0 Å². The van der Waals surface area contributed by atoms with Crippen molar-refractivity contribution in [2.45, 2.75) is 62.3 Å². The highest BCUT2D eigenvalue weighted by atomic mass is 19.4. The van der Waals surface area contributed by atoms with Gasteiger partial charge >= 0.3 is 18.4 Å². The molecule has 4 rings (SSSR count). The summed E-state index contributed by atoms with van der Waals surface area (Å²) in [5.74, 6) is 0. The number of carbonyl (C=O) groups is 1. The van der Waals surface area contributed by atoms with Gasteiger partial charge in [0.15, 0.2) is 0 Å². The van der Waals surface area contributed by atoms with E-state index in [4.69, 9.17) is 4.74 Å². The summed E-state index contributed by atoms with van der Waals surface area (Å²) >= 11 is 0. The van der Waals surface area contributed by atoms with E-state index in [2.05, 4.69) is 0 Å². The van der Waals surface area contributed by atoms with E-state index in [0.717, 1.165) is 5.56 Å². The molecule has 33 heavy (non-hydrogen) atoms. The number of aliphatic hydroxyl groups is 1. The fourth-order valence-electron chi connectivity index (χ4n) is 4.78. The first kappa shape index (κ1) is 23.4. The molecule has 0 radical (unpaired) electrons. The Kier molecular flexibility index (Phi) is 5.84. The standard InChI is InChI=1S/C23H21F6NO3/c24-22(25,26)16-8-15(9-17(10-16)23(27,28)29)21(32)11-18-6-7-19(12-21)30(18)20(31)33-13-14-4-2-1-3-5-14/h1-5,8-10,18-19,32H,6-7,11-13H2. The van der Waals surface area contributed by atoms with Crippen LogP contribution in [0.4, 0.5) is 31.1 Å². The first-order valence-corrected chi connectivity index (χ1v) is 10.4. The maximum absolute atomic E-state index is 13.3. The van der Waals surface area contributed by atoms with Crippen LogP contribution < -0.4 is 0 Å². The Balaban J connectivity index is 1.57. The molecule has 2 aromatic carbocycles. The largest absolute Gasteiger partial charge is 0.445 e. The van der Waals surface area contributed by atoms with Crippen LogP contribution in [0.2, 0.25) is 0 Å². The van der Waals surface area contributed by atoms with Crippen molar-refractivity contribution in [3.63, 3.8) is 0 Å². The molecule has 2 aliphatic rings. The second-order valence-corrected chi connectivity index (χ2v) is 8.57. The van der Waals surface area contributed by atoms with E-state index < -0.39 is 52.8 Å². The lowest BCUT2D eigenvalue weighted by atomic mass is 9.79. The Bertz CT molecular complexity index is 975. The molecule has 2 aromatic rings. The summed E-state index contributed by atoms with van der Waals surface area (Å²) in [5.41, 5.74) is -4.55. The van der Waals surface area contributed by atoms with E-state index in [0.29, 0.717) is 25.0 Å². The average Bonchev–Trinajstić information content (AvgIpc) is 3.03. The number of fused-ring (bicyclic) bond motifs is 2. The molecule has 2 fully saturated rings. The van der Waals surface area contributed by atoms with Gasteiger partial charge in [-0.3, -0.25) is 0 Å². The van der Waals surface area contributed by atoms with Gasteiger partial charge in [-0.15, -0.1) is 0 Å². The molecule has 0 aromatic heterocycles. The van der Waals surface area contributed by atoms with Crippen LogP contribution in [0.5, 0.6) is 0 Å².